The second-order valence-corrected chi connectivity index (χ2v) is 6.07. The van der Waals surface area contributed by atoms with Gasteiger partial charge in [0.25, 0.3) is 0 Å². The normalized spacial score (nSPS) is 14.6. The second-order valence-electron chi connectivity index (χ2n) is 5.21. The van der Waals surface area contributed by atoms with E-state index in [1.807, 2.05) is 34.9 Å². The van der Waals surface area contributed by atoms with E-state index in [4.69, 9.17) is 4.74 Å². The molecule has 0 fully saturated rings. The van der Waals surface area contributed by atoms with Gasteiger partial charge in [-0.2, -0.15) is 5.10 Å². The number of Topliss-reactive ketones (excluding diaryl/α,β-unsaturated/α-hetero) is 1. The molecular weight excluding hydrogens is 322 g/mol. The van der Waals surface area contributed by atoms with Crippen LogP contribution in [0.25, 0.3) is 0 Å². The van der Waals surface area contributed by atoms with Crippen LogP contribution in [0, 0.1) is 0 Å². The number of carbonyl (C=O) groups is 1. The van der Waals surface area contributed by atoms with Gasteiger partial charge in [-0.05, 0) is 50.3 Å². The van der Waals surface area contributed by atoms with E-state index in [2.05, 4.69) is 25.9 Å². The summed E-state index contributed by atoms with van der Waals surface area (Å²) >= 11 is 3.42. The lowest BCUT2D eigenvalue weighted by molar-refractivity contribution is -0.0124. The molecule has 0 bridgehead atoms. The number of ketones is 1. The van der Waals surface area contributed by atoms with Crippen LogP contribution < -0.4 is 0 Å². The standard InChI is InChI=1S/C14H24BrN3O2/c1-6-14(3,20-7-2)13(19)12-11(15)10-16-18(12)9-8-17(4)5/h10H,6-9H2,1-5H3. The summed E-state index contributed by atoms with van der Waals surface area (Å²) in [4.78, 5) is 14.9. The molecule has 1 heterocycles. The van der Waals surface area contributed by atoms with Gasteiger partial charge < -0.3 is 9.64 Å². The summed E-state index contributed by atoms with van der Waals surface area (Å²) < 4.78 is 8.15. The first kappa shape index (κ1) is 17.3. The van der Waals surface area contributed by atoms with Gasteiger partial charge in [0.1, 0.15) is 11.3 Å². The molecule has 0 N–H and O–H groups in total. The Labute approximate surface area is 129 Å². The highest BCUT2D eigenvalue weighted by atomic mass is 79.9. The Kier molecular flexibility index (Phi) is 6.36. The van der Waals surface area contributed by atoms with Crippen LogP contribution in [0.5, 0.6) is 0 Å². The zero-order valence-corrected chi connectivity index (χ0v) is 14.5. The summed E-state index contributed by atoms with van der Waals surface area (Å²) in [5, 5.41) is 4.28. The Hall–Kier alpha value is -0.720. The van der Waals surface area contributed by atoms with Gasteiger partial charge in [0.15, 0.2) is 0 Å². The summed E-state index contributed by atoms with van der Waals surface area (Å²) in [5.74, 6) is -0.0232. The third kappa shape index (κ3) is 3.90. The lowest BCUT2D eigenvalue weighted by Crippen LogP contribution is -2.39. The molecule has 1 aromatic heterocycles. The number of ether oxygens (including phenoxy) is 1. The lowest BCUT2D eigenvalue weighted by atomic mass is 9.95. The van der Waals surface area contributed by atoms with Crippen LogP contribution >= 0.6 is 15.9 Å². The predicted octanol–water partition coefficient (Wildman–Crippen LogP) is 2.60. The molecule has 0 spiro atoms. The summed E-state index contributed by atoms with van der Waals surface area (Å²) in [5.41, 5.74) is -0.211. The van der Waals surface area contributed by atoms with Gasteiger partial charge >= 0.3 is 0 Å². The van der Waals surface area contributed by atoms with Gasteiger partial charge in [-0.1, -0.05) is 6.92 Å². The number of halogens is 1. The molecule has 0 saturated heterocycles. The van der Waals surface area contributed by atoms with Crippen LogP contribution in [-0.4, -0.2) is 53.3 Å². The molecule has 0 aromatic carbocycles. The van der Waals surface area contributed by atoms with Crippen molar-refractivity contribution in [3.8, 4) is 0 Å². The summed E-state index contributed by atoms with van der Waals surface area (Å²) in [6, 6.07) is 0. The predicted molar refractivity (Wildman–Crippen MR) is 83.1 cm³/mol. The molecule has 114 valence electrons. The minimum absolute atomic E-state index is 0.0232. The van der Waals surface area contributed by atoms with Crippen molar-refractivity contribution < 1.29 is 9.53 Å². The molecule has 0 aliphatic heterocycles. The average Bonchev–Trinajstić information content (AvgIpc) is 2.76. The number of nitrogens with zero attached hydrogens (tertiary/aromatic N) is 3. The zero-order chi connectivity index (χ0) is 15.3. The lowest BCUT2D eigenvalue weighted by Gasteiger charge is -2.27. The molecule has 0 radical (unpaired) electrons. The molecule has 20 heavy (non-hydrogen) atoms. The highest BCUT2D eigenvalue weighted by Gasteiger charge is 2.36. The average molecular weight is 346 g/mol. The molecule has 1 atom stereocenters. The molecule has 1 unspecified atom stereocenters. The van der Waals surface area contributed by atoms with Crippen LogP contribution in [0.3, 0.4) is 0 Å². The Morgan fingerprint density at radius 1 is 1.50 bits per heavy atom. The van der Waals surface area contributed by atoms with Gasteiger partial charge in [0, 0.05) is 13.2 Å². The second kappa shape index (κ2) is 7.33. The highest BCUT2D eigenvalue weighted by molar-refractivity contribution is 9.10. The number of aromatic nitrogens is 2. The third-order valence-corrected chi connectivity index (χ3v) is 3.97. The maximum Gasteiger partial charge on any atom is 0.213 e. The maximum atomic E-state index is 12.8. The topological polar surface area (TPSA) is 47.4 Å². The van der Waals surface area contributed by atoms with Crippen molar-refractivity contribution in [3.63, 3.8) is 0 Å². The van der Waals surface area contributed by atoms with Crippen molar-refractivity contribution in [1.29, 1.82) is 0 Å². The van der Waals surface area contributed by atoms with E-state index in [1.165, 1.54) is 0 Å². The molecule has 0 aliphatic carbocycles. The minimum atomic E-state index is -0.798. The first-order valence-electron chi connectivity index (χ1n) is 6.90. The Balaban J connectivity index is 3.05. The van der Waals surface area contributed by atoms with Gasteiger partial charge in [-0.3, -0.25) is 9.48 Å². The van der Waals surface area contributed by atoms with Crippen LogP contribution in [0.15, 0.2) is 10.7 Å². The van der Waals surface area contributed by atoms with Crippen molar-refractivity contribution in [2.24, 2.45) is 0 Å². The molecule has 0 aliphatic rings. The van der Waals surface area contributed by atoms with Crippen molar-refractivity contribution >= 4 is 21.7 Å². The van der Waals surface area contributed by atoms with E-state index in [0.29, 0.717) is 25.3 Å². The van der Waals surface area contributed by atoms with E-state index in [1.54, 1.807) is 10.9 Å². The van der Waals surface area contributed by atoms with Crippen LogP contribution in [-0.2, 0) is 11.3 Å². The number of rotatable bonds is 8. The van der Waals surface area contributed by atoms with Crippen molar-refractivity contribution in [1.82, 2.24) is 14.7 Å². The fourth-order valence-corrected chi connectivity index (χ4v) is 2.43. The molecule has 0 amide bonds. The summed E-state index contributed by atoms with van der Waals surface area (Å²) in [7, 11) is 3.99. The third-order valence-electron chi connectivity index (χ3n) is 3.39. The van der Waals surface area contributed by atoms with Crippen LogP contribution in [0.2, 0.25) is 0 Å². The molecular formula is C14H24BrN3O2. The van der Waals surface area contributed by atoms with Gasteiger partial charge in [0.05, 0.1) is 17.2 Å². The Bertz CT molecular complexity index is 459. The Morgan fingerprint density at radius 3 is 2.65 bits per heavy atom. The quantitative estimate of drug-likeness (QED) is 0.679. The molecule has 0 saturated carbocycles. The number of hydrogen-bond donors (Lipinski definition) is 0. The summed E-state index contributed by atoms with van der Waals surface area (Å²) in [6.07, 6.45) is 2.30. The summed E-state index contributed by atoms with van der Waals surface area (Å²) in [6.45, 7) is 7.72. The molecule has 6 heteroatoms. The van der Waals surface area contributed by atoms with E-state index in [9.17, 15) is 4.79 Å². The largest absolute Gasteiger partial charge is 0.367 e. The molecule has 1 rings (SSSR count). The number of hydrogen-bond acceptors (Lipinski definition) is 4. The zero-order valence-electron chi connectivity index (χ0n) is 12.9. The SMILES string of the molecule is CCOC(C)(CC)C(=O)c1c(Br)cnn1CCN(C)C. The van der Waals surface area contributed by atoms with E-state index < -0.39 is 5.60 Å². The highest BCUT2D eigenvalue weighted by Crippen LogP contribution is 2.26. The van der Waals surface area contributed by atoms with E-state index >= 15 is 0 Å². The van der Waals surface area contributed by atoms with Gasteiger partial charge in [0.2, 0.25) is 5.78 Å². The first-order valence-corrected chi connectivity index (χ1v) is 7.69. The number of carbonyl (C=O) groups excluding carboxylic acids is 1. The van der Waals surface area contributed by atoms with Gasteiger partial charge in [-0.25, -0.2) is 0 Å². The van der Waals surface area contributed by atoms with E-state index in [-0.39, 0.29) is 5.78 Å². The Morgan fingerprint density at radius 2 is 2.15 bits per heavy atom. The monoisotopic (exact) mass is 345 g/mol. The fourth-order valence-electron chi connectivity index (χ4n) is 1.95. The van der Waals surface area contributed by atoms with Crippen molar-refractivity contribution in [2.45, 2.75) is 39.3 Å². The van der Waals surface area contributed by atoms with Crippen LogP contribution in [0.1, 0.15) is 37.7 Å². The van der Waals surface area contributed by atoms with Crippen molar-refractivity contribution in [2.75, 3.05) is 27.2 Å². The van der Waals surface area contributed by atoms with Crippen molar-refractivity contribution in [3.05, 3.63) is 16.4 Å². The van der Waals surface area contributed by atoms with E-state index in [0.717, 1.165) is 11.0 Å². The fraction of sp³-hybridized carbons (Fsp3) is 0.714. The smallest absolute Gasteiger partial charge is 0.213 e. The maximum absolute atomic E-state index is 12.8. The molecule has 1 aromatic rings. The first-order chi connectivity index (χ1) is 9.35. The van der Waals surface area contributed by atoms with Gasteiger partial charge in [-0.15, -0.1) is 0 Å². The van der Waals surface area contributed by atoms with Crippen LogP contribution in [0.4, 0.5) is 0 Å². The minimum Gasteiger partial charge on any atom is -0.367 e. The molecule has 5 nitrogen and oxygen atoms in total. The number of likely N-dealkylation sites (N-methyl/N-ethyl adjacent to an activating group) is 1.